The van der Waals surface area contributed by atoms with E-state index in [1.54, 1.807) is 18.2 Å². The first kappa shape index (κ1) is 22.9. The molecule has 1 aliphatic heterocycles. The van der Waals surface area contributed by atoms with Crippen LogP contribution in [0.15, 0.2) is 23.2 Å². The van der Waals surface area contributed by atoms with Crippen LogP contribution in [0.25, 0.3) is 0 Å². The Balaban J connectivity index is 1.29. The number of rotatable bonds is 7. The Morgan fingerprint density at radius 3 is 2.34 bits per heavy atom. The van der Waals surface area contributed by atoms with Gasteiger partial charge < -0.3 is 10.2 Å². The number of amidine groups is 1. The van der Waals surface area contributed by atoms with Gasteiger partial charge in [-0.1, -0.05) is 48.3 Å². The van der Waals surface area contributed by atoms with E-state index in [0.717, 1.165) is 42.9 Å². The van der Waals surface area contributed by atoms with Crippen LogP contribution in [0.2, 0.25) is 10.0 Å². The summed E-state index contributed by atoms with van der Waals surface area (Å²) in [6.45, 7) is 3.21. The monoisotopic (exact) mass is 493 g/mol. The molecule has 32 heavy (non-hydrogen) atoms. The number of thioether (sulfide) groups is 1. The number of halogens is 2. The van der Waals surface area contributed by atoms with Crippen molar-refractivity contribution in [2.75, 3.05) is 17.6 Å². The number of nitrogens with zero attached hydrogens (tertiary/aromatic N) is 2. The number of benzene rings is 1. The van der Waals surface area contributed by atoms with E-state index in [9.17, 15) is 4.79 Å². The molecule has 7 heteroatoms. The van der Waals surface area contributed by atoms with Crippen LogP contribution in [0.5, 0.6) is 0 Å². The Bertz CT molecular complexity index is 850. The van der Waals surface area contributed by atoms with Gasteiger partial charge in [0.2, 0.25) is 5.91 Å². The number of carbonyl (C=O) groups is 1. The zero-order valence-corrected chi connectivity index (χ0v) is 21.1. The van der Waals surface area contributed by atoms with Gasteiger partial charge in [-0.25, -0.2) is 0 Å². The van der Waals surface area contributed by atoms with Crippen LogP contribution in [0.1, 0.15) is 64.7 Å². The molecule has 0 radical (unpaired) electrons. The van der Waals surface area contributed by atoms with Crippen LogP contribution < -0.4 is 5.32 Å². The molecule has 5 fully saturated rings. The van der Waals surface area contributed by atoms with Crippen LogP contribution in [0, 0.1) is 17.8 Å². The summed E-state index contributed by atoms with van der Waals surface area (Å²) < 4.78 is 0. The van der Waals surface area contributed by atoms with E-state index in [1.165, 1.54) is 43.7 Å². The molecule has 4 nitrogen and oxygen atoms in total. The number of aliphatic imine (C=N–C) groups is 1. The molecule has 1 unspecified atom stereocenters. The Morgan fingerprint density at radius 1 is 1.12 bits per heavy atom. The zero-order valence-electron chi connectivity index (χ0n) is 18.8. The number of unbranched alkanes of at least 4 members (excludes halogenated alkanes) is 1. The first-order valence-electron chi connectivity index (χ1n) is 12.2. The second kappa shape index (κ2) is 9.38. The summed E-state index contributed by atoms with van der Waals surface area (Å²) in [6, 6.07) is 5.34. The summed E-state index contributed by atoms with van der Waals surface area (Å²) in [5.41, 5.74) is 0.830. The standard InChI is InChI=1S/C25H33Cl2N3OS/c1-2-3-4-30-22(11-23(31)28-21-9-19(26)8-20(27)10-21)15-32-24(30)29-25-12-16-5-17(13-25)7-18(6-16)14-25/h8-10,16-18,22H,2-7,11-15H2,1H3,(H,28,31). The van der Waals surface area contributed by atoms with Gasteiger partial charge in [-0.3, -0.25) is 9.79 Å². The fourth-order valence-corrected chi connectivity index (χ4v) is 8.66. The lowest BCUT2D eigenvalue weighted by Crippen LogP contribution is -2.50. The van der Waals surface area contributed by atoms with E-state index < -0.39 is 0 Å². The van der Waals surface area contributed by atoms with Crippen LogP contribution >= 0.6 is 35.0 Å². The molecule has 1 N–H and O–H groups in total. The lowest BCUT2D eigenvalue weighted by atomic mass is 9.53. The highest BCUT2D eigenvalue weighted by molar-refractivity contribution is 8.14. The third kappa shape index (κ3) is 4.95. The summed E-state index contributed by atoms with van der Waals surface area (Å²) >= 11 is 14.0. The van der Waals surface area contributed by atoms with Gasteiger partial charge in [0.25, 0.3) is 0 Å². The van der Waals surface area contributed by atoms with Gasteiger partial charge in [-0.2, -0.15) is 0 Å². The second-order valence-corrected chi connectivity index (χ2v) is 12.3. The highest BCUT2D eigenvalue weighted by atomic mass is 35.5. The third-order valence-corrected chi connectivity index (χ3v) is 9.32. The number of anilines is 1. The molecule has 4 aliphatic carbocycles. The van der Waals surface area contributed by atoms with Crippen molar-refractivity contribution in [1.29, 1.82) is 0 Å². The smallest absolute Gasteiger partial charge is 0.226 e. The highest BCUT2D eigenvalue weighted by Crippen LogP contribution is 2.57. The van der Waals surface area contributed by atoms with Crippen molar-refractivity contribution in [1.82, 2.24) is 4.90 Å². The van der Waals surface area contributed by atoms with Gasteiger partial charge in [0, 0.05) is 40.5 Å². The molecule has 0 aromatic heterocycles. The number of amides is 1. The maximum absolute atomic E-state index is 12.9. The topological polar surface area (TPSA) is 44.7 Å². The predicted octanol–water partition coefficient (Wildman–Crippen LogP) is 6.86. The first-order chi connectivity index (χ1) is 15.4. The molecule has 174 valence electrons. The number of hydrogen-bond acceptors (Lipinski definition) is 3. The van der Waals surface area contributed by atoms with Gasteiger partial charge in [0.05, 0.1) is 5.54 Å². The Kier molecular flexibility index (Phi) is 6.70. The van der Waals surface area contributed by atoms with Crippen LogP contribution in [0.4, 0.5) is 5.69 Å². The lowest BCUT2D eigenvalue weighted by molar-refractivity contribution is -0.116. The number of nitrogens with one attached hydrogen (secondary N) is 1. The van der Waals surface area contributed by atoms with Crippen molar-refractivity contribution in [3.63, 3.8) is 0 Å². The minimum absolute atomic E-state index is 0.00601. The van der Waals surface area contributed by atoms with E-state index in [-0.39, 0.29) is 17.5 Å². The Hall–Kier alpha value is -0.910. The predicted molar refractivity (Wildman–Crippen MR) is 136 cm³/mol. The van der Waals surface area contributed by atoms with E-state index >= 15 is 0 Å². The van der Waals surface area contributed by atoms with Crippen molar-refractivity contribution in [2.45, 2.75) is 76.3 Å². The van der Waals surface area contributed by atoms with Crippen molar-refractivity contribution in [2.24, 2.45) is 22.7 Å². The van der Waals surface area contributed by atoms with Gasteiger partial charge in [-0.15, -0.1) is 0 Å². The molecule has 1 atom stereocenters. The molecule has 4 saturated carbocycles. The molecule has 0 spiro atoms. The maximum atomic E-state index is 12.9. The first-order valence-corrected chi connectivity index (χ1v) is 13.9. The largest absolute Gasteiger partial charge is 0.347 e. The highest BCUT2D eigenvalue weighted by Gasteiger charge is 2.51. The van der Waals surface area contributed by atoms with Crippen molar-refractivity contribution < 1.29 is 4.79 Å². The SMILES string of the molecule is CCCCN1C(=NC23CC4CC(CC(C4)C2)C3)SCC1CC(=O)Nc1cc(Cl)cc(Cl)c1. The third-order valence-electron chi connectivity index (χ3n) is 7.75. The van der Waals surface area contributed by atoms with Gasteiger partial charge in [0.1, 0.15) is 0 Å². The van der Waals surface area contributed by atoms with Crippen molar-refractivity contribution >= 4 is 51.7 Å². The summed E-state index contributed by atoms with van der Waals surface area (Å²) in [5.74, 6) is 3.62. The number of hydrogen-bond donors (Lipinski definition) is 1. The molecular weight excluding hydrogens is 461 g/mol. The molecule has 5 aliphatic rings. The fourth-order valence-electron chi connectivity index (χ4n) is 6.83. The quantitative estimate of drug-likeness (QED) is 0.450. The van der Waals surface area contributed by atoms with Crippen LogP contribution in [0.3, 0.4) is 0 Å². The molecule has 6 rings (SSSR count). The lowest BCUT2D eigenvalue weighted by Gasteiger charge is -2.55. The second-order valence-electron chi connectivity index (χ2n) is 10.5. The molecule has 1 aromatic rings. The molecule has 4 bridgehead atoms. The van der Waals surface area contributed by atoms with Gasteiger partial charge in [0.15, 0.2) is 5.17 Å². The van der Waals surface area contributed by atoms with E-state index in [1.807, 2.05) is 11.8 Å². The average Bonchev–Trinajstić information content (AvgIpc) is 3.04. The van der Waals surface area contributed by atoms with Crippen molar-refractivity contribution in [3.05, 3.63) is 28.2 Å². The molecule has 1 saturated heterocycles. The van der Waals surface area contributed by atoms with Crippen LogP contribution in [-0.2, 0) is 4.79 Å². The summed E-state index contributed by atoms with van der Waals surface area (Å²) in [6.07, 6.45) is 10.9. The summed E-state index contributed by atoms with van der Waals surface area (Å²) in [7, 11) is 0. The molecular formula is C25H33Cl2N3OS. The maximum Gasteiger partial charge on any atom is 0.226 e. The zero-order chi connectivity index (χ0) is 22.3. The summed E-state index contributed by atoms with van der Waals surface area (Å²) in [4.78, 5) is 20.8. The van der Waals surface area contributed by atoms with E-state index in [0.29, 0.717) is 22.2 Å². The summed E-state index contributed by atoms with van der Waals surface area (Å²) in [5, 5.41) is 5.24. The van der Waals surface area contributed by atoms with Crippen LogP contribution in [-0.4, -0.2) is 39.9 Å². The Labute approximate surface area is 205 Å². The van der Waals surface area contributed by atoms with E-state index in [4.69, 9.17) is 28.2 Å². The molecule has 1 heterocycles. The molecule has 1 amide bonds. The minimum atomic E-state index is 0.00601. The van der Waals surface area contributed by atoms with Gasteiger partial charge >= 0.3 is 0 Å². The van der Waals surface area contributed by atoms with E-state index in [2.05, 4.69) is 17.1 Å². The normalized spacial score (nSPS) is 34.5. The molecule has 1 aromatic carbocycles. The average molecular weight is 495 g/mol. The minimum Gasteiger partial charge on any atom is -0.347 e. The van der Waals surface area contributed by atoms with Crippen molar-refractivity contribution in [3.8, 4) is 0 Å². The Morgan fingerprint density at radius 2 is 1.75 bits per heavy atom. The number of carbonyl (C=O) groups excluding carboxylic acids is 1. The van der Waals surface area contributed by atoms with Gasteiger partial charge in [-0.05, 0) is 80.9 Å². The fraction of sp³-hybridized carbons (Fsp3) is 0.680.